The molecular weight excluding hydrogens is 476 g/mol. The van der Waals surface area contributed by atoms with Gasteiger partial charge in [-0.25, -0.2) is 4.79 Å². The van der Waals surface area contributed by atoms with Gasteiger partial charge in [0.25, 0.3) is 0 Å². The quantitative estimate of drug-likeness (QED) is 0.149. The predicted octanol–water partition coefficient (Wildman–Crippen LogP) is -2.05. The lowest BCUT2D eigenvalue weighted by Gasteiger charge is -2.24. The van der Waals surface area contributed by atoms with E-state index in [1.807, 2.05) is 17.4 Å². The first-order chi connectivity index (χ1) is 16.9. The summed E-state index contributed by atoms with van der Waals surface area (Å²) in [5, 5.41) is 25.9. The SMILES string of the molecule is CC(N)C(=O)NC(Cc1c[nH]c2ccccc12)C(=O)NC(CC(=O)O)C(=O)NC(CC(N)=O)C(=O)O. The van der Waals surface area contributed by atoms with Crippen molar-refractivity contribution >= 4 is 46.5 Å². The van der Waals surface area contributed by atoms with Crippen molar-refractivity contribution in [2.75, 3.05) is 0 Å². The highest BCUT2D eigenvalue weighted by atomic mass is 16.4. The van der Waals surface area contributed by atoms with Crippen LogP contribution in [-0.2, 0) is 35.2 Å². The molecule has 10 N–H and O–H groups in total. The highest BCUT2D eigenvalue weighted by Crippen LogP contribution is 2.19. The van der Waals surface area contributed by atoms with Gasteiger partial charge in [0.15, 0.2) is 0 Å². The molecule has 194 valence electrons. The third kappa shape index (κ3) is 7.80. The van der Waals surface area contributed by atoms with Crippen LogP contribution in [-0.4, -0.2) is 74.9 Å². The summed E-state index contributed by atoms with van der Waals surface area (Å²) in [5.74, 6) is -6.80. The number of hydrogen-bond donors (Lipinski definition) is 8. The molecule has 14 nitrogen and oxygen atoms in total. The van der Waals surface area contributed by atoms with Crippen molar-refractivity contribution in [1.82, 2.24) is 20.9 Å². The van der Waals surface area contributed by atoms with Crippen LogP contribution in [0.25, 0.3) is 10.9 Å². The number of primary amides is 1. The number of rotatable bonds is 13. The largest absolute Gasteiger partial charge is 0.481 e. The zero-order valence-electron chi connectivity index (χ0n) is 19.3. The standard InChI is InChI=1S/C22H28N6O8/c1-10(23)19(32)26-14(6-11-9-25-13-5-3-2-4-12(11)13)20(33)27-15(8-18(30)31)21(34)28-16(22(35)36)7-17(24)29/h2-5,9-10,14-16,25H,6-8,23H2,1H3,(H2,24,29)(H,26,32)(H,27,33)(H,28,34)(H,30,31)(H,35,36). The van der Waals surface area contributed by atoms with Gasteiger partial charge in [0.1, 0.15) is 18.1 Å². The summed E-state index contributed by atoms with van der Waals surface area (Å²) in [7, 11) is 0. The third-order valence-electron chi connectivity index (χ3n) is 5.18. The fourth-order valence-electron chi connectivity index (χ4n) is 3.36. The second kappa shape index (κ2) is 12.3. The number of para-hydroxylation sites is 1. The number of carbonyl (C=O) groups excluding carboxylic acids is 4. The van der Waals surface area contributed by atoms with Gasteiger partial charge in [-0.2, -0.15) is 0 Å². The van der Waals surface area contributed by atoms with Gasteiger partial charge in [0.2, 0.25) is 23.6 Å². The molecule has 1 aromatic carbocycles. The lowest BCUT2D eigenvalue weighted by atomic mass is 10.0. The van der Waals surface area contributed by atoms with Crippen LogP contribution < -0.4 is 27.4 Å². The number of aromatic nitrogens is 1. The van der Waals surface area contributed by atoms with E-state index in [-0.39, 0.29) is 6.42 Å². The van der Waals surface area contributed by atoms with Crippen molar-refractivity contribution in [3.63, 3.8) is 0 Å². The molecule has 2 aromatic rings. The lowest BCUT2D eigenvalue weighted by molar-refractivity contribution is -0.144. The summed E-state index contributed by atoms with van der Waals surface area (Å²) < 4.78 is 0. The Bertz CT molecular complexity index is 1160. The summed E-state index contributed by atoms with van der Waals surface area (Å²) in [5.41, 5.74) is 12.0. The van der Waals surface area contributed by atoms with Crippen LogP contribution in [0, 0.1) is 0 Å². The molecule has 0 aliphatic rings. The van der Waals surface area contributed by atoms with Gasteiger partial charge in [-0.15, -0.1) is 0 Å². The number of H-pyrrole nitrogens is 1. The molecule has 0 bridgehead atoms. The molecule has 0 radical (unpaired) electrons. The maximum Gasteiger partial charge on any atom is 0.326 e. The van der Waals surface area contributed by atoms with Crippen LogP contribution in [0.3, 0.4) is 0 Å². The van der Waals surface area contributed by atoms with E-state index in [2.05, 4.69) is 15.6 Å². The first-order valence-corrected chi connectivity index (χ1v) is 10.8. The summed E-state index contributed by atoms with van der Waals surface area (Å²) in [6.07, 6.45) is -0.0369. The van der Waals surface area contributed by atoms with Gasteiger partial charge in [0, 0.05) is 23.5 Å². The van der Waals surface area contributed by atoms with Crippen molar-refractivity contribution in [3.8, 4) is 0 Å². The van der Waals surface area contributed by atoms with E-state index in [1.165, 1.54) is 6.92 Å². The van der Waals surface area contributed by atoms with E-state index in [0.717, 1.165) is 10.9 Å². The number of carboxylic acids is 2. The third-order valence-corrected chi connectivity index (χ3v) is 5.18. The summed E-state index contributed by atoms with van der Waals surface area (Å²) in [6, 6.07) is 1.53. The molecule has 0 aliphatic heterocycles. The Labute approximate surface area is 204 Å². The van der Waals surface area contributed by atoms with Gasteiger partial charge < -0.3 is 42.6 Å². The fraction of sp³-hybridized carbons (Fsp3) is 0.364. The molecule has 4 atom stereocenters. The number of aromatic amines is 1. The molecule has 14 heteroatoms. The van der Waals surface area contributed by atoms with Crippen molar-refractivity contribution in [1.29, 1.82) is 0 Å². The Morgan fingerprint density at radius 2 is 1.47 bits per heavy atom. The smallest absolute Gasteiger partial charge is 0.326 e. The molecule has 0 spiro atoms. The van der Waals surface area contributed by atoms with Crippen LogP contribution in [0.4, 0.5) is 0 Å². The zero-order chi connectivity index (χ0) is 27.0. The van der Waals surface area contributed by atoms with E-state index >= 15 is 0 Å². The Morgan fingerprint density at radius 1 is 0.889 bits per heavy atom. The summed E-state index contributed by atoms with van der Waals surface area (Å²) >= 11 is 0. The first-order valence-electron chi connectivity index (χ1n) is 10.8. The van der Waals surface area contributed by atoms with Crippen molar-refractivity contribution in [3.05, 3.63) is 36.0 Å². The van der Waals surface area contributed by atoms with Gasteiger partial charge in [0.05, 0.1) is 18.9 Å². The molecular formula is C22H28N6O8. The van der Waals surface area contributed by atoms with E-state index in [9.17, 15) is 39.0 Å². The molecule has 0 saturated carbocycles. The van der Waals surface area contributed by atoms with Crippen LogP contribution in [0.2, 0.25) is 0 Å². The van der Waals surface area contributed by atoms with Crippen LogP contribution in [0.15, 0.2) is 30.5 Å². The normalized spacial score (nSPS) is 14.2. The molecule has 0 aliphatic carbocycles. The minimum absolute atomic E-state index is 0.0326. The number of nitrogens with two attached hydrogens (primary N) is 2. The molecule has 1 heterocycles. The number of carboxylic acid groups (broad SMARTS) is 2. The van der Waals surface area contributed by atoms with E-state index < -0.39 is 72.6 Å². The van der Waals surface area contributed by atoms with Crippen LogP contribution in [0.1, 0.15) is 25.3 Å². The van der Waals surface area contributed by atoms with E-state index in [1.54, 1.807) is 18.3 Å². The molecule has 0 fully saturated rings. The van der Waals surface area contributed by atoms with Gasteiger partial charge in [-0.05, 0) is 18.6 Å². The summed E-state index contributed by atoms with van der Waals surface area (Å²) in [4.78, 5) is 74.8. The second-order valence-corrected chi connectivity index (χ2v) is 8.14. The fourth-order valence-corrected chi connectivity index (χ4v) is 3.36. The maximum absolute atomic E-state index is 13.1. The second-order valence-electron chi connectivity index (χ2n) is 8.14. The number of fused-ring (bicyclic) bond motifs is 1. The number of benzene rings is 1. The van der Waals surface area contributed by atoms with E-state index in [0.29, 0.717) is 5.56 Å². The predicted molar refractivity (Wildman–Crippen MR) is 125 cm³/mol. The topological polar surface area (TPSA) is 247 Å². The summed E-state index contributed by atoms with van der Waals surface area (Å²) in [6.45, 7) is 1.40. The van der Waals surface area contributed by atoms with Gasteiger partial charge in [-0.1, -0.05) is 18.2 Å². The average molecular weight is 505 g/mol. The molecule has 1 aromatic heterocycles. The number of nitrogens with one attached hydrogen (secondary N) is 4. The highest BCUT2D eigenvalue weighted by molar-refractivity contribution is 5.96. The Morgan fingerprint density at radius 3 is 2.06 bits per heavy atom. The highest BCUT2D eigenvalue weighted by Gasteiger charge is 2.32. The van der Waals surface area contributed by atoms with Crippen molar-refractivity contribution in [2.24, 2.45) is 11.5 Å². The van der Waals surface area contributed by atoms with Crippen LogP contribution >= 0.6 is 0 Å². The number of hydrogen-bond acceptors (Lipinski definition) is 7. The number of carbonyl (C=O) groups is 6. The van der Waals surface area contributed by atoms with Crippen molar-refractivity contribution < 1.29 is 39.0 Å². The average Bonchev–Trinajstić information content (AvgIpc) is 3.19. The first kappa shape index (κ1) is 27.8. The molecule has 0 saturated heterocycles. The van der Waals surface area contributed by atoms with Gasteiger partial charge in [-0.3, -0.25) is 24.0 Å². The Hall–Kier alpha value is -4.46. The Kier molecular flexibility index (Phi) is 9.50. The minimum Gasteiger partial charge on any atom is -0.481 e. The molecule has 4 amide bonds. The lowest BCUT2D eigenvalue weighted by Crippen LogP contribution is -2.58. The van der Waals surface area contributed by atoms with Gasteiger partial charge >= 0.3 is 11.9 Å². The maximum atomic E-state index is 13.1. The Balaban J connectivity index is 2.28. The van der Waals surface area contributed by atoms with Crippen LogP contribution in [0.5, 0.6) is 0 Å². The number of amides is 4. The molecule has 36 heavy (non-hydrogen) atoms. The van der Waals surface area contributed by atoms with E-state index in [4.69, 9.17) is 11.5 Å². The minimum atomic E-state index is -1.73. The number of aliphatic carboxylic acids is 2. The monoisotopic (exact) mass is 504 g/mol. The zero-order valence-corrected chi connectivity index (χ0v) is 19.3. The molecule has 2 rings (SSSR count). The van der Waals surface area contributed by atoms with Crippen molar-refractivity contribution in [2.45, 2.75) is 50.4 Å². The molecule has 4 unspecified atom stereocenters.